The zero-order valence-electron chi connectivity index (χ0n) is 7.28. The molecule has 0 fully saturated rings. The van der Waals surface area contributed by atoms with Gasteiger partial charge in [-0.2, -0.15) is 13.8 Å². The van der Waals surface area contributed by atoms with E-state index < -0.39 is 0 Å². The maximum atomic E-state index is 3.38. The van der Waals surface area contributed by atoms with E-state index in [2.05, 4.69) is 13.8 Å². The molecule has 0 atom stereocenters. The fourth-order valence-electron chi connectivity index (χ4n) is 0. The van der Waals surface area contributed by atoms with Gasteiger partial charge in [0.25, 0.3) is 0 Å². The van der Waals surface area contributed by atoms with Crippen molar-refractivity contribution in [1.82, 2.24) is 0 Å². The second-order valence-electron chi connectivity index (χ2n) is 0.931. The molecule has 0 amide bonds. The Kier molecular flexibility index (Phi) is 155. The standard InChI is InChI=1S/C3H7.C3H6.C2H6.Y/c2*1-3-2;1-2;/h3H,1-2H3;1-3H2;1-2H3;/q-1;-2;;+3. The Morgan fingerprint density at radius 1 is 1.11 bits per heavy atom. The number of hydrogen-bond acceptors (Lipinski definition) is 0. The third-order valence-electron chi connectivity index (χ3n) is 0. The molecule has 0 saturated carbocycles. The number of hydrogen-bond donors (Lipinski definition) is 0. The molecule has 9 heavy (non-hydrogen) atoms. The van der Waals surface area contributed by atoms with Crippen LogP contribution in [-0.2, 0) is 32.7 Å². The summed E-state index contributed by atoms with van der Waals surface area (Å²) in [5.74, 6) is 0. The van der Waals surface area contributed by atoms with Gasteiger partial charge < -0.3 is 26.7 Å². The van der Waals surface area contributed by atoms with Crippen LogP contribution in [0.3, 0.4) is 0 Å². The van der Waals surface area contributed by atoms with Gasteiger partial charge in [-0.25, -0.2) is 0 Å². The summed E-state index contributed by atoms with van der Waals surface area (Å²) in [6.07, 6.45) is 2.75. The Labute approximate surface area is 86.7 Å². The molecule has 0 nitrogen and oxygen atoms in total. The van der Waals surface area contributed by atoms with E-state index in [-0.39, 0.29) is 32.7 Å². The van der Waals surface area contributed by atoms with Gasteiger partial charge in [-0.3, -0.25) is 0 Å². The van der Waals surface area contributed by atoms with Gasteiger partial charge in [-0.1, -0.05) is 13.8 Å². The number of rotatable bonds is 0. The molecule has 0 rings (SSSR count). The van der Waals surface area contributed by atoms with Crippen molar-refractivity contribution in [1.29, 1.82) is 0 Å². The molecular weight excluding hydrogens is 185 g/mol. The summed E-state index contributed by atoms with van der Waals surface area (Å²) < 4.78 is 0. The zero-order chi connectivity index (χ0) is 7.41. The first kappa shape index (κ1) is 22.5. The third kappa shape index (κ3) is 377. The molecule has 0 aromatic carbocycles. The second-order valence-corrected chi connectivity index (χ2v) is 0.931. The van der Waals surface area contributed by atoms with Crippen molar-refractivity contribution in [3.63, 3.8) is 0 Å². The van der Waals surface area contributed by atoms with E-state index in [4.69, 9.17) is 0 Å². The van der Waals surface area contributed by atoms with Gasteiger partial charge in [0.05, 0.1) is 0 Å². The minimum atomic E-state index is 0. The van der Waals surface area contributed by atoms with Crippen molar-refractivity contribution < 1.29 is 32.7 Å². The second kappa shape index (κ2) is 62.1. The Balaban J connectivity index is -0.0000000202. The van der Waals surface area contributed by atoms with Crippen LogP contribution in [0.4, 0.5) is 0 Å². The average molecular weight is 204 g/mol. The van der Waals surface area contributed by atoms with Gasteiger partial charge in [-0.05, 0) is 0 Å². The molecule has 0 aliphatic heterocycles. The molecule has 0 radical (unpaired) electrons. The first-order chi connectivity index (χ1) is 3.83. The Bertz CT molecular complexity index is 6.53. The SMILES string of the molecule is CC.C[CH-]C.[CH2-]C[CH2-].[Y+3]. The van der Waals surface area contributed by atoms with Crippen molar-refractivity contribution >= 4 is 0 Å². The average Bonchev–Trinajstić information content (AvgIpc) is 1.75. The van der Waals surface area contributed by atoms with Crippen LogP contribution in [0.5, 0.6) is 0 Å². The van der Waals surface area contributed by atoms with Gasteiger partial charge >= 0.3 is 32.7 Å². The summed E-state index contributed by atoms with van der Waals surface area (Å²) in [4.78, 5) is 0. The first-order valence-electron chi connectivity index (χ1n) is 3.15. The normalized spacial score (nSPS) is 4.67. The fraction of sp³-hybridized carbons (Fsp3) is 0.625. The third-order valence-corrected chi connectivity index (χ3v) is 0. The molecule has 0 aliphatic carbocycles. The molecule has 0 aromatic rings. The molecular formula is C8H19Y. The summed E-state index contributed by atoms with van der Waals surface area (Å²) in [6, 6.07) is 0. The first-order valence-corrected chi connectivity index (χ1v) is 3.15. The van der Waals surface area contributed by atoms with Crippen LogP contribution in [0.1, 0.15) is 34.1 Å². The molecule has 0 aliphatic rings. The van der Waals surface area contributed by atoms with Crippen LogP contribution < -0.4 is 0 Å². The van der Waals surface area contributed by atoms with Crippen LogP contribution in [-0.4, -0.2) is 0 Å². The van der Waals surface area contributed by atoms with Gasteiger partial charge in [0.1, 0.15) is 0 Å². The minimum Gasteiger partial charge on any atom is -0.372 e. The minimum absolute atomic E-state index is 0. The van der Waals surface area contributed by atoms with Gasteiger partial charge in [0, 0.05) is 0 Å². The predicted molar refractivity (Wildman–Crippen MR) is 42.3 cm³/mol. The molecule has 0 bridgehead atoms. The van der Waals surface area contributed by atoms with Crippen molar-refractivity contribution in [3.8, 4) is 0 Å². The molecule has 1 heteroatoms. The van der Waals surface area contributed by atoms with E-state index in [0.29, 0.717) is 0 Å². The molecule has 0 aromatic heterocycles. The Morgan fingerprint density at radius 3 is 1.11 bits per heavy atom. The van der Waals surface area contributed by atoms with Gasteiger partial charge in [0.15, 0.2) is 0 Å². The summed E-state index contributed by atoms with van der Waals surface area (Å²) in [6.45, 7) is 14.8. The Morgan fingerprint density at radius 2 is 1.11 bits per heavy atom. The van der Waals surface area contributed by atoms with E-state index in [9.17, 15) is 0 Å². The molecule has 0 saturated heterocycles. The van der Waals surface area contributed by atoms with Crippen LogP contribution in [0, 0.1) is 20.3 Å². The van der Waals surface area contributed by atoms with E-state index >= 15 is 0 Å². The van der Waals surface area contributed by atoms with Crippen molar-refractivity contribution in [2.24, 2.45) is 0 Å². The van der Waals surface area contributed by atoms with Crippen LogP contribution >= 0.6 is 0 Å². The smallest absolute Gasteiger partial charge is 0.372 e. The molecule has 0 spiro atoms. The summed E-state index contributed by atoms with van der Waals surface area (Å²) in [5.41, 5.74) is 0. The quantitative estimate of drug-likeness (QED) is 0.531. The topological polar surface area (TPSA) is 0 Å². The van der Waals surface area contributed by atoms with E-state index in [1.165, 1.54) is 0 Å². The molecule has 54 valence electrons. The van der Waals surface area contributed by atoms with Gasteiger partial charge in [0.2, 0.25) is 0 Å². The largest absolute Gasteiger partial charge is 3.00 e. The maximum Gasteiger partial charge on any atom is 3.00 e. The maximum absolute atomic E-state index is 3.38. The summed E-state index contributed by atoms with van der Waals surface area (Å²) in [7, 11) is 0. The van der Waals surface area contributed by atoms with Gasteiger partial charge in [-0.15, -0.1) is 0 Å². The van der Waals surface area contributed by atoms with E-state index in [1.54, 1.807) is 0 Å². The monoisotopic (exact) mass is 204 g/mol. The van der Waals surface area contributed by atoms with E-state index in [1.807, 2.05) is 34.1 Å². The zero-order valence-corrected chi connectivity index (χ0v) is 10.1. The van der Waals surface area contributed by atoms with Crippen molar-refractivity contribution in [3.05, 3.63) is 20.3 Å². The summed E-state index contributed by atoms with van der Waals surface area (Å²) >= 11 is 0. The molecule has 0 N–H and O–H groups in total. The Hall–Kier alpha value is 1.10. The predicted octanol–water partition coefficient (Wildman–Crippen LogP) is 3.30. The van der Waals surface area contributed by atoms with Crippen molar-refractivity contribution in [2.45, 2.75) is 34.1 Å². The van der Waals surface area contributed by atoms with Crippen molar-refractivity contribution in [2.75, 3.05) is 0 Å². The fourth-order valence-corrected chi connectivity index (χ4v) is 0. The summed E-state index contributed by atoms with van der Waals surface area (Å²) in [5, 5.41) is 0. The van der Waals surface area contributed by atoms with E-state index in [0.717, 1.165) is 6.42 Å². The van der Waals surface area contributed by atoms with Crippen LogP contribution in [0.2, 0.25) is 0 Å². The van der Waals surface area contributed by atoms with Crippen LogP contribution in [0.25, 0.3) is 0 Å². The molecule has 0 unspecified atom stereocenters. The van der Waals surface area contributed by atoms with Crippen LogP contribution in [0.15, 0.2) is 0 Å². The molecule has 0 heterocycles.